The highest BCUT2D eigenvalue weighted by Crippen LogP contribution is 2.35. The molecular weight excluding hydrogens is 1370 g/mol. The molecule has 3 aromatic rings. The minimum Gasteiger partial charge on any atom is -0.504 e. The number of phenolic OH excluding ortho intramolecular Hbond substituents is 1. The monoisotopic (exact) mass is 1500 g/mol. The average Bonchev–Trinajstić information content (AvgIpc) is 0.682. The lowest BCUT2D eigenvalue weighted by molar-refractivity contribution is -0.157. The van der Waals surface area contributed by atoms with E-state index < -0.39 is 156 Å². The molecule has 0 radical (unpaired) electrons. The Bertz CT molecular complexity index is 3630. The number of allylic oxidation sites excluding steroid dienone is 2. The fraction of sp³-hybridized carbons (Fsp3) is 0.646. The van der Waals surface area contributed by atoms with Gasteiger partial charge >= 0.3 is 0 Å². The Balaban J connectivity index is 0.00000113. The Morgan fingerprint density at radius 3 is 1.49 bits per heavy atom. The van der Waals surface area contributed by atoms with Gasteiger partial charge in [-0.05, 0) is 131 Å². The van der Waals surface area contributed by atoms with Crippen LogP contribution in [0.2, 0.25) is 0 Å². The number of carbonyl (C=O) groups is 11. The molecule has 11 amide bonds. The maximum Gasteiger partial charge on any atom is 0.246 e. The normalized spacial score (nSPS) is 23.6. The minimum atomic E-state index is -1.61. The highest BCUT2D eigenvalue weighted by molar-refractivity contribution is 6.00. The number of amides is 11. The van der Waals surface area contributed by atoms with Gasteiger partial charge in [0.2, 0.25) is 76.2 Å². The summed E-state index contributed by atoms with van der Waals surface area (Å²) in [7, 11) is 12.9. The fourth-order valence-electron chi connectivity index (χ4n) is 13.0. The molecule has 0 spiro atoms. The van der Waals surface area contributed by atoms with Crippen LogP contribution in [0, 0.1) is 41.4 Å². The zero-order chi connectivity index (χ0) is 81.7. The number of nitrogens with zero attached hydrogens (tertiary/aromatic N) is 7. The molecular formula is C79H125N11O17. The van der Waals surface area contributed by atoms with Crippen molar-refractivity contribution in [3.8, 4) is 28.4 Å². The summed E-state index contributed by atoms with van der Waals surface area (Å²) in [5.74, 6) is -8.92. The van der Waals surface area contributed by atoms with Gasteiger partial charge in [0.15, 0.2) is 11.3 Å². The second-order valence-corrected chi connectivity index (χ2v) is 30.8. The largest absolute Gasteiger partial charge is 0.504 e. The van der Waals surface area contributed by atoms with E-state index in [1.807, 2.05) is 61.5 Å². The van der Waals surface area contributed by atoms with Gasteiger partial charge in [0, 0.05) is 49.3 Å². The summed E-state index contributed by atoms with van der Waals surface area (Å²) in [6.45, 7) is 29.3. The number of benzene rings is 2. The quantitative estimate of drug-likeness (QED) is 0.0745. The first-order chi connectivity index (χ1) is 49.9. The summed E-state index contributed by atoms with van der Waals surface area (Å²) in [6.07, 6.45) is 4.41. The van der Waals surface area contributed by atoms with Crippen molar-refractivity contribution in [1.29, 1.82) is 0 Å². The Hall–Kier alpha value is -9.08. The molecule has 0 aliphatic carbocycles. The number of carbonyl (C=O) groups excluding carboxylic acids is 11. The fourth-order valence-corrected chi connectivity index (χ4v) is 13.0. The molecule has 28 heteroatoms. The minimum absolute atomic E-state index is 0.0229. The van der Waals surface area contributed by atoms with E-state index in [2.05, 4.69) is 21.3 Å². The summed E-state index contributed by atoms with van der Waals surface area (Å²) in [6, 6.07) is -2.27. The van der Waals surface area contributed by atoms with Crippen molar-refractivity contribution in [3.63, 3.8) is 0 Å². The van der Waals surface area contributed by atoms with Crippen LogP contribution in [-0.2, 0) is 52.7 Å². The maximum atomic E-state index is 15.1. The van der Waals surface area contributed by atoms with Crippen LogP contribution in [0.25, 0.3) is 22.1 Å². The molecule has 107 heavy (non-hydrogen) atoms. The van der Waals surface area contributed by atoms with Gasteiger partial charge in [-0.3, -0.25) is 57.5 Å². The summed E-state index contributed by atoms with van der Waals surface area (Å²) >= 11 is 0. The number of nitrogens with one attached hydrogen (secondary N) is 4. The molecule has 598 valence electrons. The Labute approximate surface area is 633 Å². The first-order valence-corrected chi connectivity index (χ1v) is 37.2. The zero-order valence-corrected chi connectivity index (χ0v) is 68.2. The smallest absolute Gasteiger partial charge is 0.246 e. The van der Waals surface area contributed by atoms with Crippen LogP contribution >= 0.6 is 0 Å². The molecule has 1 aliphatic rings. The first-order valence-electron chi connectivity index (χ1n) is 37.2. The van der Waals surface area contributed by atoms with E-state index in [1.165, 1.54) is 113 Å². The van der Waals surface area contributed by atoms with Gasteiger partial charge in [0.05, 0.1) is 37.8 Å². The van der Waals surface area contributed by atoms with E-state index in [9.17, 15) is 58.2 Å². The highest BCUT2D eigenvalue weighted by Gasteiger charge is 2.46. The summed E-state index contributed by atoms with van der Waals surface area (Å²) in [4.78, 5) is 181. The maximum absolute atomic E-state index is 15.1. The molecule has 1 fully saturated rings. The molecule has 4 rings (SSSR count). The van der Waals surface area contributed by atoms with Crippen LogP contribution in [0.1, 0.15) is 156 Å². The average molecular weight is 1500 g/mol. The lowest BCUT2D eigenvalue weighted by atomic mass is 9.91. The van der Waals surface area contributed by atoms with Gasteiger partial charge in [0.1, 0.15) is 72.4 Å². The van der Waals surface area contributed by atoms with E-state index >= 15 is 9.59 Å². The van der Waals surface area contributed by atoms with E-state index in [4.69, 9.17) is 13.9 Å². The highest BCUT2D eigenvalue weighted by atomic mass is 16.5. The van der Waals surface area contributed by atoms with E-state index in [0.29, 0.717) is 23.1 Å². The molecule has 0 saturated carbocycles. The number of ether oxygens (including phenoxy) is 2. The van der Waals surface area contributed by atoms with Crippen LogP contribution in [0.3, 0.4) is 0 Å². The van der Waals surface area contributed by atoms with Crippen molar-refractivity contribution in [3.05, 3.63) is 65.0 Å². The molecule has 2 heterocycles. The zero-order valence-electron chi connectivity index (χ0n) is 68.2. The van der Waals surface area contributed by atoms with E-state index in [0.717, 1.165) is 15.4 Å². The van der Waals surface area contributed by atoms with Crippen LogP contribution < -0.4 is 36.2 Å². The number of likely N-dealkylation sites (N-methyl/N-ethyl adjacent to an activating group) is 7. The van der Waals surface area contributed by atoms with Crippen molar-refractivity contribution >= 4 is 75.9 Å². The second-order valence-electron chi connectivity index (χ2n) is 30.8. The Kier molecular flexibility index (Phi) is 36.1. The van der Waals surface area contributed by atoms with Crippen molar-refractivity contribution in [2.24, 2.45) is 41.4 Å². The number of aromatic hydroxyl groups is 1. The predicted molar refractivity (Wildman–Crippen MR) is 411 cm³/mol. The van der Waals surface area contributed by atoms with Crippen molar-refractivity contribution < 1.29 is 76.8 Å². The summed E-state index contributed by atoms with van der Waals surface area (Å²) < 4.78 is 15.7. The van der Waals surface area contributed by atoms with Crippen molar-refractivity contribution in [2.75, 3.05) is 70.1 Å². The lowest BCUT2D eigenvalue weighted by Crippen LogP contribution is -2.63. The van der Waals surface area contributed by atoms with Gasteiger partial charge in [-0.15, -0.1) is 0 Å². The van der Waals surface area contributed by atoms with Gasteiger partial charge in [-0.2, -0.15) is 0 Å². The van der Waals surface area contributed by atoms with Crippen LogP contribution in [-0.4, -0.2) is 246 Å². The van der Waals surface area contributed by atoms with Crippen molar-refractivity contribution in [1.82, 2.24) is 55.6 Å². The van der Waals surface area contributed by atoms with Crippen LogP contribution in [0.15, 0.2) is 64.0 Å². The topological polar surface area (TPSA) is 348 Å². The lowest BCUT2D eigenvalue weighted by Gasteiger charge is -2.41. The van der Waals surface area contributed by atoms with Crippen LogP contribution in [0.4, 0.5) is 0 Å². The third-order valence-electron chi connectivity index (χ3n) is 19.6. The first kappa shape index (κ1) is 92.1. The summed E-state index contributed by atoms with van der Waals surface area (Å²) in [5.41, 5.74) is 1.20. The van der Waals surface area contributed by atoms with E-state index in [1.54, 1.807) is 85.9 Å². The number of phenols is 1. The standard InChI is InChI=1S/C62H111N11O12.C17H14O5/c1-25-27-28-40(15)52(75)51-56(79)65-43(26-2)58(81)67(18)33-48(74)68(19)44(29-34(3)4)55(78)66-49(38(11)12)61(84)69(20)45(30-35(5)6)54(77)63-41(16)53(76)64-42(17)57(80)70(21)46(31-36(7)8)59(82)71(22)47(32-37(9)10)60(83)72(23)50(39(13)14)62(85)73(51)24;1-20-11-5-3-10(4-6-11)13-9-22-16-12(15(13)19)7-8-14(18)17(16)21-2/h25,27,34-47,49-52,75H,26,28-33H2,1-24H3,(H,63,77)(H,64,76)(H,65,79)(H,66,78);3-9,18H,1-2H3. The number of hydrogen-bond donors (Lipinski definition) is 6. The number of rotatable bonds is 18. The molecule has 1 saturated heterocycles. The number of aliphatic hydroxyl groups excluding tert-OH is 1. The molecule has 12 atom stereocenters. The Morgan fingerprint density at radius 1 is 0.523 bits per heavy atom. The van der Waals surface area contributed by atoms with Gasteiger partial charge in [-0.25, -0.2) is 0 Å². The van der Waals surface area contributed by atoms with Crippen LogP contribution in [0.5, 0.6) is 17.2 Å². The van der Waals surface area contributed by atoms with Gasteiger partial charge in [0.25, 0.3) is 0 Å². The number of hydrogen-bond acceptors (Lipinski definition) is 17. The predicted octanol–water partition coefficient (Wildman–Crippen LogP) is 6.45. The molecule has 6 N–H and O–H groups in total. The number of methoxy groups -OCH3 is 2. The van der Waals surface area contributed by atoms with Crippen molar-refractivity contribution in [2.45, 2.75) is 223 Å². The molecule has 2 aromatic carbocycles. The third-order valence-corrected chi connectivity index (χ3v) is 19.6. The number of fused-ring (bicyclic) bond motifs is 1. The van der Waals surface area contributed by atoms with Gasteiger partial charge in [-0.1, -0.05) is 121 Å². The molecule has 12 unspecified atom stereocenters. The molecule has 1 aliphatic heterocycles. The molecule has 1 aromatic heterocycles. The Morgan fingerprint density at radius 2 is 1.00 bits per heavy atom. The third kappa shape index (κ3) is 24.5. The van der Waals surface area contributed by atoms with Gasteiger partial charge < -0.3 is 79.7 Å². The summed E-state index contributed by atoms with van der Waals surface area (Å²) in [5, 5.41) is 33.2. The second kappa shape index (κ2) is 41.9. The SMILES string of the molecule is CC=CCC(C)C(O)C1C(=O)NC(CC)C(=O)N(C)CC(=O)N(C)C(CC(C)C)C(=O)NC(C(C)C)C(=O)N(C)C(CC(C)C)C(=O)NC(C)C(=O)NC(C)C(=O)N(C)C(CC(C)C)C(=O)N(C)C(CC(C)C)C(=O)N(C)C(C(C)C)C(=O)N1C.COc1ccc(-c2coc3c(OC)c(O)ccc3c2=O)cc1. The van der Waals surface area contributed by atoms with E-state index in [-0.39, 0.29) is 78.3 Å². The number of aliphatic hydroxyl groups is 1. The molecule has 0 bridgehead atoms. The molecule has 28 nitrogen and oxygen atoms in total.